The van der Waals surface area contributed by atoms with E-state index < -0.39 is 0 Å². The summed E-state index contributed by atoms with van der Waals surface area (Å²) in [5.74, 6) is 0.216. The molecule has 0 amide bonds. The first-order valence-corrected chi connectivity index (χ1v) is 8.04. The Labute approximate surface area is 126 Å². The Morgan fingerprint density at radius 2 is 1.35 bits per heavy atom. The lowest BCUT2D eigenvalue weighted by Gasteiger charge is -2.03. The first kappa shape index (κ1) is 16.5. The molecule has 0 aromatic heterocycles. The van der Waals surface area contributed by atoms with Crippen LogP contribution in [0, 0.1) is 0 Å². The van der Waals surface area contributed by atoms with Crippen molar-refractivity contribution in [1.82, 2.24) is 0 Å². The number of fused-ring (bicyclic) bond motifs is 2. The molecule has 3 rings (SSSR count). The maximum absolute atomic E-state index is 12.1. The zero-order chi connectivity index (χ0) is 15.0. The van der Waals surface area contributed by atoms with Gasteiger partial charge in [-0.25, -0.2) is 0 Å². The van der Waals surface area contributed by atoms with Crippen molar-refractivity contribution in [2.75, 3.05) is 0 Å². The minimum atomic E-state index is 0.216. The van der Waals surface area contributed by atoms with Gasteiger partial charge in [0.25, 0.3) is 0 Å². The van der Waals surface area contributed by atoms with Crippen molar-refractivity contribution < 1.29 is 4.79 Å². The van der Waals surface area contributed by atoms with Crippen LogP contribution in [0.25, 0.3) is 0 Å². The van der Waals surface area contributed by atoms with Gasteiger partial charge < -0.3 is 0 Å². The monoisotopic (exact) mass is 286 g/mol. The van der Waals surface area contributed by atoms with Crippen molar-refractivity contribution in [3.05, 3.63) is 59.7 Å². The number of hydrogen-bond acceptors (Lipinski definition) is 2. The number of rotatable bonds is 0. The Kier molecular flexibility index (Phi) is 7.10. The summed E-state index contributed by atoms with van der Waals surface area (Å²) < 4.78 is 0. The van der Waals surface area contributed by atoms with E-state index in [4.69, 9.17) is 0 Å². The second-order valence-electron chi connectivity index (χ2n) is 3.81. The molecule has 0 bridgehead atoms. The summed E-state index contributed by atoms with van der Waals surface area (Å²) in [6, 6.07) is 15.9. The van der Waals surface area contributed by atoms with E-state index in [1.165, 1.54) is 4.90 Å². The number of carbonyl (C=O) groups is 1. The Balaban J connectivity index is 0.000000461. The molecule has 20 heavy (non-hydrogen) atoms. The van der Waals surface area contributed by atoms with Gasteiger partial charge in [-0.05, 0) is 17.7 Å². The highest BCUT2D eigenvalue weighted by atomic mass is 32.2. The largest absolute Gasteiger partial charge is 0.294 e. The summed E-state index contributed by atoms with van der Waals surface area (Å²) in [6.07, 6.45) is 0.514. The highest BCUT2D eigenvalue weighted by molar-refractivity contribution is 7.99. The summed E-state index contributed by atoms with van der Waals surface area (Å²) in [7, 11) is 0. The van der Waals surface area contributed by atoms with Gasteiger partial charge in [-0.15, -0.1) is 0 Å². The van der Waals surface area contributed by atoms with Crippen molar-refractivity contribution in [2.45, 2.75) is 43.9 Å². The molecule has 0 spiro atoms. The van der Waals surface area contributed by atoms with Crippen LogP contribution in [0.3, 0.4) is 0 Å². The Morgan fingerprint density at radius 3 is 2.05 bits per heavy atom. The summed E-state index contributed by atoms with van der Waals surface area (Å²) in [5.41, 5.74) is 1.98. The predicted molar refractivity (Wildman–Crippen MR) is 87.7 cm³/mol. The molecule has 0 saturated heterocycles. The Morgan fingerprint density at radius 1 is 0.800 bits per heavy atom. The summed E-state index contributed by atoms with van der Waals surface area (Å²) in [6.45, 7) is 8.00. The van der Waals surface area contributed by atoms with Gasteiger partial charge >= 0.3 is 0 Å². The lowest BCUT2D eigenvalue weighted by atomic mass is 10.0. The molecule has 2 aromatic rings. The van der Waals surface area contributed by atoms with Gasteiger partial charge in [-0.1, -0.05) is 75.9 Å². The maximum Gasteiger partial charge on any atom is 0.168 e. The zero-order valence-electron chi connectivity index (χ0n) is 12.6. The van der Waals surface area contributed by atoms with Crippen molar-refractivity contribution >= 4 is 17.5 Å². The lowest BCUT2D eigenvalue weighted by Crippen LogP contribution is -2.02. The van der Waals surface area contributed by atoms with Gasteiger partial charge in [-0.2, -0.15) is 0 Å². The molecule has 0 unspecified atom stereocenters. The molecule has 1 heterocycles. The van der Waals surface area contributed by atoms with Crippen LogP contribution in [0.2, 0.25) is 0 Å². The minimum absolute atomic E-state index is 0.216. The van der Waals surface area contributed by atoms with E-state index >= 15 is 0 Å². The third-order valence-corrected chi connectivity index (χ3v) is 3.93. The average Bonchev–Trinajstić information content (AvgIpc) is 2.67. The molecule has 106 valence electrons. The third kappa shape index (κ3) is 3.73. The van der Waals surface area contributed by atoms with Gasteiger partial charge in [0.1, 0.15) is 0 Å². The standard InChI is InChI=1S/C14H10OS.2C2H6/c15-12-9-10-5-1-3-7-13(10)16-14-8-4-2-6-11(12)14;2*1-2/h1-8H,9H2;2*1-2H3. The highest BCUT2D eigenvalue weighted by Crippen LogP contribution is 2.36. The van der Waals surface area contributed by atoms with Crippen LogP contribution in [-0.4, -0.2) is 5.78 Å². The summed E-state index contributed by atoms with van der Waals surface area (Å²) in [5, 5.41) is 0. The van der Waals surface area contributed by atoms with Crippen LogP contribution in [0.15, 0.2) is 58.3 Å². The van der Waals surface area contributed by atoms with E-state index in [-0.39, 0.29) is 5.78 Å². The van der Waals surface area contributed by atoms with E-state index in [0.29, 0.717) is 6.42 Å². The maximum atomic E-state index is 12.1. The number of hydrogen-bond donors (Lipinski definition) is 0. The molecule has 0 saturated carbocycles. The first-order valence-electron chi connectivity index (χ1n) is 7.22. The number of Topliss-reactive ketones (excluding diaryl/α,β-unsaturated/α-hetero) is 1. The number of carbonyl (C=O) groups excluding carboxylic acids is 1. The van der Waals surface area contributed by atoms with Crippen molar-refractivity contribution in [3.8, 4) is 0 Å². The molecular weight excluding hydrogens is 264 g/mol. The van der Waals surface area contributed by atoms with E-state index in [9.17, 15) is 4.79 Å². The SMILES string of the molecule is CC.CC.O=C1Cc2ccccc2Sc2ccccc21. The van der Waals surface area contributed by atoms with Crippen molar-refractivity contribution in [1.29, 1.82) is 0 Å². The molecule has 1 aliphatic rings. The topological polar surface area (TPSA) is 17.1 Å². The van der Waals surface area contributed by atoms with Gasteiger partial charge in [0.15, 0.2) is 5.78 Å². The van der Waals surface area contributed by atoms with Gasteiger partial charge in [0, 0.05) is 21.8 Å². The van der Waals surface area contributed by atoms with E-state index in [0.717, 1.165) is 16.0 Å². The van der Waals surface area contributed by atoms with Crippen LogP contribution in [0.1, 0.15) is 43.6 Å². The molecule has 0 aliphatic carbocycles. The third-order valence-electron chi connectivity index (χ3n) is 2.73. The summed E-state index contributed by atoms with van der Waals surface area (Å²) >= 11 is 1.69. The average molecular weight is 286 g/mol. The highest BCUT2D eigenvalue weighted by Gasteiger charge is 2.18. The van der Waals surface area contributed by atoms with Gasteiger partial charge in [0.05, 0.1) is 0 Å². The molecule has 2 aromatic carbocycles. The molecular formula is C18H22OS. The molecule has 0 fully saturated rings. The second kappa shape index (κ2) is 8.60. The molecule has 0 radical (unpaired) electrons. The van der Waals surface area contributed by atoms with Gasteiger partial charge in [0.2, 0.25) is 0 Å². The van der Waals surface area contributed by atoms with E-state index in [2.05, 4.69) is 6.07 Å². The molecule has 2 heteroatoms. The summed E-state index contributed by atoms with van der Waals surface area (Å²) in [4.78, 5) is 14.3. The second-order valence-corrected chi connectivity index (χ2v) is 4.89. The predicted octanol–water partition coefficient (Wildman–Crippen LogP) is 5.63. The van der Waals surface area contributed by atoms with Crippen LogP contribution in [-0.2, 0) is 6.42 Å². The van der Waals surface area contributed by atoms with Crippen LogP contribution >= 0.6 is 11.8 Å². The molecule has 0 N–H and O–H groups in total. The fourth-order valence-electron chi connectivity index (χ4n) is 1.92. The fraction of sp³-hybridized carbons (Fsp3) is 0.278. The quantitative estimate of drug-likeness (QED) is 0.624. The molecule has 1 nitrogen and oxygen atoms in total. The van der Waals surface area contributed by atoms with Crippen LogP contribution in [0.5, 0.6) is 0 Å². The van der Waals surface area contributed by atoms with Crippen molar-refractivity contribution in [2.24, 2.45) is 0 Å². The Hall–Kier alpha value is -1.54. The minimum Gasteiger partial charge on any atom is -0.294 e. The smallest absolute Gasteiger partial charge is 0.168 e. The van der Waals surface area contributed by atoms with E-state index in [1.807, 2.05) is 70.2 Å². The lowest BCUT2D eigenvalue weighted by molar-refractivity contribution is 0.0990. The van der Waals surface area contributed by atoms with Crippen LogP contribution < -0.4 is 0 Å². The number of ketones is 1. The van der Waals surface area contributed by atoms with E-state index in [1.54, 1.807) is 11.8 Å². The molecule has 1 aliphatic heterocycles. The fourth-order valence-corrected chi connectivity index (χ4v) is 3.02. The molecule has 0 atom stereocenters. The normalized spacial score (nSPS) is 11.7. The van der Waals surface area contributed by atoms with Crippen molar-refractivity contribution in [3.63, 3.8) is 0 Å². The Bertz CT molecular complexity index is 561. The zero-order valence-corrected chi connectivity index (χ0v) is 13.5. The first-order chi connectivity index (χ1) is 9.84. The van der Waals surface area contributed by atoms with Crippen LogP contribution in [0.4, 0.5) is 0 Å². The van der Waals surface area contributed by atoms with Gasteiger partial charge in [-0.3, -0.25) is 4.79 Å². The number of benzene rings is 2.